The van der Waals surface area contributed by atoms with Crippen molar-refractivity contribution in [3.05, 3.63) is 0 Å². The van der Waals surface area contributed by atoms with Gasteiger partial charge in [-0.05, 0) is 56.8 Å². The predicted molar refractivity (Wildman–Crippen MR) is 49.9 cm³/mol. The highest BCUT2D eigenvalue weighted by molar-refractivity contribution is 4.89. The van der Waals surface area contributed by atoms with Gasteiger partial charge in [0.1, 0.15) is 0 Å². The second-order valence-corrected chi connectivity index (χ2v) is 4.86. The van der Waals surface area contributed by atoms with Crippen LogP contribution in [0.2, 0.25) is 0 Å². The second kappa shape index (κ2) is 3.37. The molecule has 1 N–H and O–H groups in total. The van der Waals surface area contributed by atoms with E-state index in [9.17, 15) is 5.11 Å². The first kappa shape index (κ1) is 8.55. The molecule has 0 aromatic carbocycles. The van der Waals surface area contributed by atoms with Gasteiger partial charge in [0.2, 0.25) is 0 Å². The fourth-order valence-corrected chi connectivity index (χ4v) is 3.19. The average Bonchev–Trinajstić information content (AvgIpc) is 2.60. The van der Waals surface area contributed by atoms with Crippen molar-refractivity contribution in [3.8, 4) is 0 Å². The molecule has 0 radical (unpaired) electrons. The molecule has 2 bridgehead atoms. The van der Waals surface area contributed by atoms with Crippen LogP contribution in [-0.2, 0) is 0 Å². The predicted octanol–water partition coefficient (Wildman–Crippen LogP) is 2.58. The summed E-state index contributed by atoms with van der Waals surface area (Å²) >= 11 is 0. The Labute approximate surface area is 75.2 Å². The minimum absolute atomic E-state index is 0.0795. The Balaban J connectivity index is 1.76. The molecule has 2 fully saturated rings. The lowest BCUT2D eigenvalue weighted by molar-refractivity contribution is 0.164. The molecule has 2 aliphatic rings. The van der Waals surface area contributed by atoms with E-state index in [0.717, 1.165) is 24.2 Å². The fourth-order valence-electron chi connectivity index (χ4n) is 3.19. The summed E-state index contributed by atoms with van der Waals surface area (Å²) in [5, 5.41) is 9.18. The molecule has 2 rings (SSSR count). The Morgan fingerprint density at radius 2 is 2.17 bits per heavy atom. The van der Waals surface area contributed by atoms with Crippen molar-refractivity contribution < 1.29 is 5.11 Å². The maximum atomic E-state index is 9.18. The Bertz CT molecular complexity index is 153. The molecule has 70 valence electrons. The van der Waals surface area contributed by atoms with Crippen molar-refractivity contribution in [1.82, 2.24) is 0 Å². The van der Waals surface area contributed by atoms with Crippen molar-refractivity contribution >= 4 is 0 Å². The fraction of sp³-hybridized carbons (Fsp3) is 1.00. The number of aliphatic hydroxyl groups is 1. The van der Waals surface area contributed by atoms with Crippen LogP contribution >= 0.6 is 0 Å². The summed E-state index contributed by atoms with van der Waals surface area (Å²) < 4.78 is 0. The Kier molecular flexibility index (Phi) is 2.40. The molecule has 2 aliphatic carbocycles. The van der Waals surface area contributed by atoms with Crippen LogP contribution in [0.15, 0.2) is 0 Å². The zero-order valence-corrected chi connectivity index (χ0v) is 8.00. The van der Waals surface area contributed by atoms with Crippen LogP contribution in [-0.4, -0.2) is 11.2 Å². The molecule has 0 aromatic rings. The first-order chi connectivity index (χ1) is 5.75. The van der Waals surface area contributed by atoms with Crippen molar-refractivity contribution in [2.75, 3.05) is 0 Å². The number of hydrogen-bond acceptors (Lipinski definition) is 1. The molecule has 12 heavy (non-hydrogen) atoms. The zero-order chi connectivity index (χ0) is 8.55. The highest BCUT2D eigenvalue weighted by Gasteiger charge is 2.38. The number of hydrogen-bond donors (Lipinski definition) is 1. The Morgan fingerprint density at radius 3 is 2.67 bits per heavy atom. The number of fused-ring (bicyclic) bond motifs is 2. The molecule has 0 spiro atoms. The molecular formula is C11H20O. The summed E-state index contributed by atoms with van der Waals surface area (Å²) in [5.41, 5.74) is 0. The van der Waals surface area contributed by atoms with Crippen LogP contribution in [0, 0.1) is 17.8 Å². The van der Waals surface area contributed by atoms with Gasteiger partial charge in [-0.25, -0.2) is 0 Å². The SMILES string of the molecule is C[C@@H](O)CCC1CC2CCC1C2. The smallest absolute Gasteiger partial charge is 0.0512 e. The van der Waals surface area contributed by atoms with Gasteiger partial charge in [-0.15, -0.1) is 0 Å². The topological polar surface area (TPSA) is 20.2 Å². The number of aliphatic hydroxyl groups excluding tert-OH is 1. The lowest BCUT2D eigenvalue weighted by Gasteiger charge is -2.21. The molecule has 1 nitrogen and oxygen atoms in total. The summed E-state index contributed by atoms with van der Waals surface area (Å²) in [7, 11) is 0. The van der Waals surface area contributed by atoms with E-state index in [2.05, 4.69) is 0 Å². The maximum Gasteiger partial charge on any atom is 0.0512 e. The van der Waals surface area contributed by atoms with E-state index >= 15 is 0 Å². The van der Waals surface area contributed by atoms with Crippen molar-refractivity contribution in [1.29, 1.82) is 0 Å². The minimum atomic E-state index is -0.0795. The van der Waals surface area contributed by atoms with E-state index in [-0.39, 0.29) is 6.10 Å². The van der Waals surface area contributed by atoms with E-state index in [1.807, 2.05) is 6.92 Å². The van der Waals surface area contributed by atoms with Crippen LogP contribution in [0.3, 0.4) is 0 Å². The normalized spacial score (nSPS) is 42.0. The molecule has 1 heteroatoms. The summed E-state index contributed by atoms with van der Waals surface area (Å²) in [6.07, 6.45) is 8.17. The van der Waals surface area contributed by atoms with Gasteiger partial charge < -0.3 is 5.11 Å². The summed E-state index contributed by atoms with van der Waals surface area (Å²) in [4.78, 5) is 0. The van der Waals surface area contributed by atoms with Gasteiger partial charge in [0.15, 0.2) is 0 Å². The van der Waals surface area contributed by atoms with Crippen molar-refractivity contribution in [2.45, 2.75) is 51.6 Å². The Hall–Kier alpha value is -0.0400. The zero-order valence-electron chi connectivity index (χ0n) is 8.00. The van der Waals surface area contributed by atoms with E-state index in [1.54, 1.807) is 0 Å². The van der Waals surface area contributed by atoms with Gasteiger partial charge in [-0.1, -0.05) is 6.42 Å². The van der Waals surface area contributed by atoms with Crippen LogP contribution < -0.4 is 0 Å². The van der Waals surface area contributed by atoms with E-state index in [1.165, 1.54) is 32.1 Å². The monoisotopic (exact) mass is 168 g/mol. The molecule has 4 atom stereocenters. The third kappa shape index (κ3) is 1.66. The average molecular weight is 168 g/mol. The first-order valence-electron chi connectivity index (χ1n) is 5.43. The molecule has 0 amide bonds. The standard InChI is InChI=1S/C11H20O/c1-8(12)2-4-10-6-9-3-5-11(10)7-9/h8-12H,2-7H2,1H3/t8-,9?,10?,11?/m1/s1. The van der Waals surface area contributed by atoms with Crippen molar-refractivity contribution in [3.63, 3.8) is 0 Å². The van der Waals surface area contributed by atoms with Gasteiger partial charge in [-0.2, -0.15) is 0 Å². The molecule has 0 aromatic heterocycles. The minimum Gasteiger partial charge on any atom is -0.393 e. The van der Waals surface area contributed by atoms with Gasteiger partial charge in [0.25, 0.3) is 0 Å². The maximum absolute atomic E-state index is 9.18. The van der Waals surface area contributed by atoms with Crippen LogP contribution in [0.25, 0.3) is 0 Å². The van der Waals surface area contributed by atoms with Gasteiger partial charge in [0.05, 0.1) is 6.10 Å². The molecular weight excluding hydrogens is 148 g/mol. The third-order valence-electron chi connectivity index (χ3n) is 3.84. The molecule has 0 heterocycles. The molecule has 0 saturated heterocycles. The highest BCUT2D eigenvalue weighted by Crippen LogP contribution is 2.49. The molecule has 3 unspecified atom stereocenters. The summed E-state index contributed by atoms with van der Waals surface area (Å²) in [6, 6.07) is 0. The third-order valence-corrected chi connectivity index (χ3v) is 3.84. The van der Waals surface area contributed by atoms with Crippen LogP contribution in [0.4, 0.5) is 0 Å². The van der Waals surface area contributed by atoms with Gasteiger partial charge in [0, 0.05) is 0 Å². The van der Waals surface area contributed by atoms with Gasteiger partial charge >= 0.3 is 0 Å². The van der Waals surface area contributed by atoms with E-state index < -0.39 is 0 Å². The lowest BCUT2D eigenvalue weighted by atomic mass is 9.85. The quantitative estimate of drug-likeness (QED) is 0.686. The summed E-state index contributed by atoms with van der Waals surface area (Å²) in [5.74, 6) is 3.07. The first-order valence-corrected chi connectivity index (χ1v) is 5.43. The molecule has 0 aliphatic heterocycles. The van der Waals surface area contributed by atoms with E-state index in [0.29, 0.717) is 0 Å². The van der Waals surface area contributed by atoms with Crippen LogP contribution in [0.5, 0.6) is 0 Å². The number of rotatable bonds is 3. The van der Waals surface area contributed by atoms with Gasteiger partial charge in [-0.3, -0.25) is 0 Å². The lowest BCUT2D eigenvalue weighted by Crippen LogP contribution is -2.12. The van der Waals surface area contributed by atoms with Crippen LogP contribution in [0.1, 0.15) is 45.4 Å². The molecule has 2 saturated carbocycles. The second-order valence-electron chi connectivity index (χ2n) is 4.86. The highest BCUT2D eigenvalue weighted by atomic mass is 16.3. The van der Waals surface area contributed by atoms with Crippen molar-refractivity contribution in [2.24, 2.45) is 17.8 Å². The van der Waals surface area contributed by atoms with E-state index in [4.69, 9.17) is 0 Å². The summed E-state index contributed by atoms with van der Waals surface area (Å²) in [6.45, 7) is 1.91. The largest absolute Gasteiger partial charge is 0.393 e. The Morgan fingerprint density at radius 1 is 1.33 bits per heavy atom.